The molecule has 2 aromatic carbocycles. The third-order valence-electron chi connectivity index (χ3n) is 4.24. The zero-order valence-electron chi connectivity index (χ0n) is 15.1. The summed E-state index contributed by atoms with van der Waals surface area (Å²) in [7, 11) is 1.72. The van der Waals surface area contributed by atoms with Crippen molar-refractivity contribution >= 4 is 24.2 Å². The number of amides is 2. The Labute approximate surface area is 161 Å². The molecule has 0 aromatic heterocycles. The summed E-state index contributed by atoms with van der Waals surface area (Å²) in [6, 6.07) is 18.8. The normalized spacial score (nSPS) is 12.4. The van der Waals surface area contributed by atoms with Crippen LogP contribution in [0.15, 0.2) is 60.7 Å². The minimum Gasteiger partial charge on any atom is -0.347 e. The van der Waals surface area contributed by atoms with Gasteiger partial charge in [0.2, 0.25) is 11.8 Å². The van der Waals surface area contributed by atoms with E-state index in [0.717, 1.165) is 11.1 Å². The summed E-state index contributed by atoms with van der Waals surface area (Å²) in [5, 5.41) is 2.69. The lowest BCUT2D eigenvalue weighted by molar-refractivity contribution is -0.133. The number of nitrogens with one attached hydrogen (secondary N) is 1. The SMILES string of the molecule is CC(C(=O)NCC(=O)N(C)Cc1ccccc1)C(N)c1ccccc1.Cl. The molecular formula is C20H26ClN3O2. The number of hydrogen-bond donors (Lipinski definition) is 2. The molecule has 0 fully saturated rings. The van der Waals surface area contributed by atoms with Crippen LogP contribution in [-0.4, -0.2) is 30.3 Å². The summed E-state index contributed by atoms with van der Waals surface area (Å²) >= 11 is 0. The van der Waals surface area contributed by atoms with Gasteiger partial charge in [-0.05, 0) is 11.1 Å². The van der Waals surface area contributed by atoms with E-state index >= 15 is 0 Å². The summed E-state index contributed by atoms with van der Waals surface area (Å²) in [6.07, 6.45) is 0. The van der Waals surface area contributed by atoms with Crippen LogP contribution in [-0.2, 0) is 16.1 Å². The van der Waals surface area contributed by atoms with E-state index in [1.165, 1.54) is 0 Å². The van der Waals surface area contributed by atoms with Crippen LogP contribution >= 0.6 is 12.4 Å². The largest absolute Gasteiger partial charge is 0.347 e. The summed E-state index contributed by atoms with van der Waals surface area (Å²) < 4.78 is 0. The van der Waals surface area contributed by atoms with E-state index in [2.05, 4.69) is 5.32 Å². The fourth-order valence-corrected chi connectivity index (χ4v) is 2.53. The highest BCUT2D eigenvalue weighted by Gasteiger charge is 2.22. The van der Waals surface area contributed by atoms with Gasteiger partial charge in [-0.25, -0.2) is 0 Å². The maximum Gasteiger partial charge on any atom is 0.242 e. The van der Waals surface area contributed by atoms with Gasteiger partial charge in [0.25, 0.3) is 0 Å². The minimum atomic E-state index is -0.422. The fraction of sp³-hybridized carbons (Fsp3) is 0.300. The second-order valence-electron chi connectivity index (χ2n) is 6.18. The van der Waals surface area contributed by atoms with Crippen molar-refractivity contribution < 1.29 is 9.59 Å². The molecular weight excluding hydrogens is 350 g/mol. The molecule has 0 saturated heterocycles. The van der Waals surface area contributed by atoms with Crippen LogP contribution in [0.25, 0.3) is 0 Å². The van der Waals surface area contributed by atoms with Gasteiger partial charge in [-0.1, -0.05) is 67.6 Å². The molecule has 2 amide bonds. The van der Waals surface area contributed by atoms with Gasteiger partial charge >= 0.3 is 0 Å². The van der Waals surface area contributed by atoms with Gasteiger partial charge in [-0.3, -0.25) is 9.59 Å². The van der Waals surface area contributed by atoms with Crippen molar-refractivity contribution in [1.29, 1.82) is 0 Å². The first-order valence-corrected chi connectivity index (χ1v) is 8.35. The third-order valence-corrected chi connectivity index (χ3v) is 4.24. The lowest BCUT2D eigenvalue weighted by Gasteiger charge is -2.21. The molecule has 0 aliphatic rings. The predicted molar refractivity (Wildman–Crippen MR) is 106 cm³/mol. The molecule has 2 unspecified atom stereocenters. The maximum absolute atomic E-state index is 12.3. The molecule has 0 aliphatic carbocycles. The Morgan fingerprint density at radius 1 is 1.04 bits per heavy atom. The number of benzene rings is 2. The van der Waals surface area contributed by atoms with Crippen molar-refractivity contribution in [3.8, 4) is 0 Å². The van der Waals surface area contributed by atoms with E-state index in [1.807, 2.05) is 60.7 Å². The Hall–Kier alpha value is -2.37. The Morgan fingerprint density at radius 2 is 1.58 bits per heavy atom. The first-order chi connectivity index (χ1) is 12.0. The van der Waals surface area contributed by atoms with E-state index < -0.39 is 12.0 Å². The molecule has 0 saturated carbocycles. The van der Waals surface area contributed by atoms with E-state index in [4.69, 9.17) is 5.73 Å². The van der Waals surface area contributed by atoms with Crippen molar-refractivity contribution in [2.24, 2.45) is 11.7 Å². The summed E-state index contributed by atoms with van der Waals surface area (Å²) in [6.45, 7) is 2.24. The number of likely N-dealkylation sites (N-methyl/N-ethyl adjacent to an activating group) is 1. The number of carbonyl (C=O) groups is 2. The molecule has 2 atom stereocenters. The first-order valence-electron chi connectivity index (χ1n) is 8.35. The number of carbonyl (C=O) groups excluding carboxylic acids is 2. The van der Waals surface area contributed by atoms with Crippen LogP contribution in [0.2, 0.25) is 0 Å². The number of rotatable bonds is 7. The van der Waals surface area contributed by atoms with Gasteiger partial charge < -0.3 is 16.0 Å². The molecule has 2 aromatic rings. The van der Waals surface area contributed by atoms with E-state index in [0.29, 0.717) is 6.54 Å². The Balaban J connectivity index is 0.00000338. The lowest BCUT2D eigenvalue weighted by atomic mass is 9.95. The highest BCUT2D eigenvalue weighted by Crippen LogP contribution is 2.18. The quantitative estimate of drug-likeness (QED) is 0.780. The molecule has 0 bridgehead atoms. The maximum atomic E-state index is 12.3. The molecule has 0 aliphatic heterocycles. The van der Waals surface area contributed by atoms with Crippen molar-refractivity contribution in [2.45, 2.75) is 19.5 Å². The zero-order chi connectivity index (χ0) is 18.2. The summed E-state index contributed by atoms with van der Waals surface area (Å²) in [5.74, 6) is -0.787. The Bertz CT molecular complexity index is 695. The lowest BCUT2D eigenvalue weighted by Crippen LogP contribution is -2.41. The fourth-order valence-electron chi connectivity index (χ4n) is 2.53. The van der Waals surface area contributed by atoms with Crippen LogP contribution in [0.3, 0.4) is 0 Å². The van der Waals surface area contributed by atoms with Gasteiger partial charge in [0, 0.05) is 19.6 Å². The molecule has 0 spiro atoms. The van der Waals surface area contributed by atoms with Crippen LogP contribution in [0.4, 0.5) is 0 Å². The highest BCUT2D eigenvalue weighted by molar-refractivity contribution is 5.86. The van der Waals surface area contributed by atoms with Crippen LogP contribution in [0.5, 0.6) is 0 Å². The molecule has 5 nitrogen and oxygen atoms in total. The Kier molecular flexibility index (Phi) is 8.82. The standard InChI is InChI=1S/C20H25N3O2.ClH/c1-15(19(21)17-11-7-4-8-12-17)20(25)22-13-18(24)23(2)14-16-9-5-3-6-10-16;/h3-12,15,19H,13-14,21H2,1-2H3,(H,22,25);1H. The van der Waals surface area contributed by atoms with Gasteiger partial charge in [0.1, 0.15) is 0 Å². The van der Waals surface area contributed by atoms with E-state index in [-0.39, 0.29) is 30.8 Å². The molecule has 0 radical (unpaired) electrons. The first kappa shape index (κ1) is 21.7. The van der Waals surface area contributed by atoms with E-state index in [1.54, 1.807) is 18.9 Å². The third kappa shape index (κ3) is 6.17. The van der Waals surface area contributed by atoms with Crippen molar-refractivity contribution in [2.75, 3.05) is 13.6 Å². The number of nitrogens with two attached hydrogens (primary N) is 1. The van der Waals surface area contributed by atoms with Crippen LogP contribution < -0.4 is 11.1 Å². The number of halogens is 1. The van der Waals surface area contributed by atoms with Gasteiger partial charge in [-0.15, -0.1) is 12.4 Å². The van der Waals surface area contributed by atoms with Gasteiger partial charge in [0.15, 0.2) is 0 Å². The van der Waals surface area contributed by atoms with Crippen LogP contribution in [0, 0.1) is 5.92 Å². The summed E-state index contributed by atoms with van der Waals surface area (Å²) in [5.41, 5.74) is 8.10. The Morgan fingerprint density at radius 3 is 2.15 bits per heavy atom. The second-order valence-corrected chi connectivity index (χ2v) is 6.18. The van der Waals surface area contributed by atoms with Crippen molar-refractivity contribution in [1.82, 2.24) is 10.2 Å². The summed E-state index contributed by atoms with van der Waals surface area (Å²) in [4.78, 5) is 26.1. The predicted octanol–water partition coefficient (Wildman–Crippen LogP) is 2.52. The number of hydrogen-bond acceptors (Lipinski definition) is 3. The molecule has 0 heterocycles. The minimum absolute atomic E-state index is 0. The average molecular weight is 376 g/mol. The van der Waals surface area contributed by atoms with Crippen molar-refractivity contribution in [3.05, 3.63) is 71.8 Å². The van der Waals surface area contributed by atoms with Crippen LogP contribution in [0.1, 0.15) is 24.1 Å². The molecule has 26 heavy (non-hydrogen) atoms. The zero-order valence-corrected chi connectivity index (χ0v) is 15.9. The van der Waals surface area contributed by atoms with Gasteiger partial charge in [-0.2, -0.15) is 0 Å². The molecule has 2 rings (SSSR count). The highest BCUT2D eigenvalue weighted by atomic mass is 35.5. The van der Waals surface area contributed by atoms with E-state index in [9.17, 15) is 9.59 Å². The molecule has 6 heteroatoms. The second kappa shape index (κ2) is 10.6. The van der Waals surface area contributed by atoms with Gasteiger partial charge in [0.05, 0.1) is 12.5 Å². The molecule has 140 valence electrons. The smallest absolute Gasteiger partial charge is 0.242 e. The van der Waals surface area contributed by atoms with Crippen molar-refractivity contribution in [3.63, 3.8) is 0 Å². The molecule has 3 N–H and O–H groups in total. The monoisotopic (exact) mass is 375 g/mol. The number of nitrogens with zero attached hydrogens (tertiary/aromatic N) is 1. The average Bonchev–Trinajstić information content (AvgIpc) is 2.66. The topological polar surface area (TPSA) is 75.4 Å².